The molecule has 0 bridgehead atoms. The van der Waals surface area contributed by atoms with Gasteiger partial charge in [-0.15, -0.1) is 24.0 Å². The first kappa shape index (κ1) is 14.9. The van der Waals surface area contributed by atoms with Crippen molar-refractivity contribution in [2.24, 2.45) is 5.73 Å². The van der Waals surface area contributed by atoms with Gasteiger partial charge in [0.05, 0.1) is 0 Å². The predicted molar refractivity (Wildman–Crippen MR) is 55.5 cm³/mol. The van der Waals surface area contributed by atoms with Crippen LogP contribution in [0.25, 0.3) is 0 Å². The normalized spacial score (nSPS) is 11.8. The minimum Gasteiger partial charge on any atom is -0.480 e. The van der Waals surface area contributed by atoms with E-state index in [2.05, 4.69) is 0 Å². The Kier molecular flexibility index (Phi) is 11.7. The summed E-state index contributed by atoms with van der Waals surface area (Å²) in [5, 5.41) is 8.37. The molecule has 0 spiro atoms. The molecule has 3 nitrogen and oxygen atoms in total. The van der Waals surface area contributed by atoms with Crippen LogP contribution in [-0.4, -0.2) is 34.5 Å². The van der Waals surface area contributed by atoms with Gasteiger partial charge >= 0.3 is 5.97 Å². The molecule has 0 aliphatic carbocycles. The SMILES string of the molecule is Cl.N[C@@H](CSCCCCl)C(=O)O. The molecule has 3 N–H and O–H groups in total. The third-order valence-corrected chi connectivity index (χ3v) is 2.48. The summed E-state index contributed by atoms with van der Waals surface area (Å²) in [5.41, 5.74) is 5.25. The van der Waals surface area contributed by atoms with Crippen molar-refractivity contribution in [2.45, 2.75) is 12.5 Å². The first-order valence-electron chi connectivity index (χ1n) is 3.30. The second-order valence-corrected chi connectivity index (χ2v) is 3.59. The van der Waals surface area contributed by atoms with E-state index >= 15 is 0 Å². The highest BCUT2D eigenvalue weighted by atomic mass is 35.5. The Morgan fingerprint density at radius 2 is 2.25 bits per heavy atom. The molecule has 0 saturated carbocycles. The summed E-state index contributed by atoms with van der Waals surface area (Å²) < 4.78 is 0. The number of carboxylic acid groups (broad SMARTS) is 1. The zero-order valence-corrected chi connectivity index (χ0v) is 8.92. The lowest BCUT2D eigenvalue weighted by Crippen LogP contribution is -2.32. The summed E-state index contributed by atoms with van der Waals surface area (Å²) in [6.07, 6.45) is 0.901. The van der Waals surface area contributed by atoms with Crippen LogP contribution in [0.5, 0.6) is 0 Å². The third kappa shape index (κ3) is 8.46. The maximum atomic E-state index is 10.2. The van der Waals surface area contributed by atoms with Crippen molar-refractivity contribution >= 4 is 41.7 Å². The van der Waals surface area contributed by atoms with Crippen molar-refractivity contribution < 1.29 is 9.90 Å². The lowest BCUT2D eigenvalue weighted by Gasteiger charge is -2.04. The molecule has 0 radical (unpaired) electrons. The van der Waals surface area contributed by atoms with Crippen LogP contribution in [0.15, 0.2) is 0 Å². The van der Waals surface area contributed by atoms with E-state index in [1.807, 2.05) is 0 Å². The highest BCUT2D eigenvalue weighted by Crippen LogP contribution is 2.04. The summed E-state index contributed by atoms with van der Waals surface area (Å²) >= 11 is 6.94. The fourth-order valence-electron chi connectivity index (χ4n) is 0.438. The predicted octanol–water partition coefficient (Wildman–Crippen LogP) is 1.18. The molecule has 0 aliphatic rings. The van der Waals surface area contributed by atoms with E-state index < -0.39 is 12.0 Å². The van der Waals surface area contributed by atoms with Gasteiger partial charge in [0.1, 0.15) is 6.04 Å². The summed E-state index contributed by atoms with van der Waals surface area (Å²) in [6, 6.07) is -0.740. The first-order valence-corrected chi connectivity index (χ1v) is 4.99. The van der Waals surface area contributed by atoms with E-state index in [1.54, 1.807) is 0 Å². The third-order valence-electron chi connectivity index (χ3n) is 1.04. The summed E-state index contributed by atoms with van der Waals surface area (Å²) in [6.45, 7) is 0. The average Bonchev–Trinajstić information content (AvgIpc) is 1.97. The Bertz CT molecular complexity index is 126. The Morgan fingerprint density at radius 1 is 1.67 bits per heavy atom. The van der Waals surface area contributed by atoms with E-state index in [4.69, 9.17) is 22.4 Å². The van der Waals surface area contributed by atoms with Crippen molar-refractivity contribution in [3.63, 3.8) is 0 Å². The molecule has 0 aliphatic heterocycles. The van der Waals surface area contributed by atoms with Crippen LogP contribution in [0, 0.1) is 0 Å². The number of carbonyl (C=O) groups is 1. The highest BCUT2D eigenvalue weighted by Gasteiger charge is 2.09. The van der Waals surface area contributed by atoms with Gasteiger partial charge < -0.3 is 10.8 Å². The number of halogens is 2. The van der Waals surface area contributed by atoms with Crippen LogP contribution in [0.3, 0.4) is 0 Å². The highest BCUT2D eigenvalue weighted by molar-refractivity contribution is 7.99. The second-order valence-electron chi connectivity index (χ2n) is 2.06. The number of aliphatic carboxylic acids is 1. The number of nitrogens with two attached hydrogens (primary N) is 1. The summed E-state index contributed by atoms with van der Waals surface area (Å²) in [4.78, 5) is 10.2. The summed E-state index contributed by atoms with van der Waals surface area (Å²) in [7, 11) is 0. The van der Waals surface area contributed by atoms with Gasteiger partial charge in [0, 0.05) is 11.6 Å². The van der Waals surface area contributed by atoms with E-state index in [-0.39, 0.29) is 12.4 Å². The molecule has 0 aromatic heterocycles. The van der Waals surface area contributed by atoms with Crippen molar-refractivity contribution in [1.29, 1.82) is 0 Å². The molecule has 0 heterocycles. The Balaban J connectivity index is 0. The van der Waals surface area contributed by atoms with Crippen molar-refractivity contribution in [3.8, 4) is 0 Å². The zero-order chi connectivity index (χ0) is 8.69. The van der Waals surface area contributed by atoms with Gasteiger partial charge in [-0.05, 0) is 12.2 Å². The van der Waals surface area contributed by atoms with Gasteiger partial charge in [0.15, 0.2) is 0 Å². The maximum absolute atomic E-state index is 10.2. The molecule has 12 heavy (non-hydrogen) atoms. The topological polar surface area (TPSA) is 63.3 Å². The fourth-order valence-corrected chi connectivity index (χ4v) is 1.64. The number of alkyl halides is 1. The van der Waals surface area contributed by atoms with Gasteiger partial charge in [-0.2, -0.15) is 11.8 Å². The molecule has 0 unspecified atom stereocenters. The smallest absolute Gasteiger partial charge is 0.321 e. The Labute approximate surface area is 87.4 Å². The van der Waals surface area contributed by atoms with Gasteiger partial charge in [-0.25, -0.2) is 0 Å². The van der Waals surface area contributed by atoms with Gasteiger partial charge in [-0.3, -0.25) is 4.79 Å². The number of rotatable bonds is 6. The van der Waals surface area contributed by atoms with Crippen LogP contribution in [0.2, 0.25) is 0 Å². The van der Waals surface area contributed by atoms with Crippen LogP contribution in [0.1, 0.15) is 6.42 Å². The van der Waals surface area contributed by atoms with Crippen LogP contribution in [0.4, 0.5) is 0 Å². The number of hydrogen-bond acceptors (Lipinski definition) is 3. The monoisotopic (exact) mass is 233 g/mol. The summed E-state index contributed by atoms with van der Waals surface area (Å²) in [5.74, 6) is 1.02. The largest absolute Gasteiger partial charge is 0.480 e. The van der Waals surface area contributed by atoms with Crippen molar-refractivity contribution in [3.05, 3.63) is 0 Å². The number of hydrogen-bond donors (Lipinski definition) is 2. The van der Waals surface area contributed by atoms with Crippen LogP contribution in [-0.2, 0) is 4.79 Å². The lowest BCUT2D eigenvalue weighted by atomic mass is 10.4. The van der Waals surface area contributed by atoms with Gasteiger partial charge in [0.25, 0.3) is 0 Å². The van der Waals surface area contributed by atoms with E-state index in [9.17, 15) is 4.79 Å². The molecule has 0 saturated heterocycles. The Hall–Kier alpha value is 0.360. The fraction of sp³-hybridized carbons (Fsp3) is 0.833. The van der Waals surface area contributed by atoms with E-state index in [1.165, 1.54) is 11.8 Å². The average molecular weight is 234 g/mol. The maximum Gasteiger partial charge on any atom is 0.321 e. The molecule has 74 valence electrons. The minimum absolute atomic E-state index is 0. The molecule has 0 aromatic carbocycles. The quantitative estimate of drug-likeness (QED) is 0.535. The standard InChI is InChI=1S/C6H12ClNO2S.ClH/c7-2-1-3-11-4-5(8)6(9)10;/h5H,1-4,8H2,(H,9,10);1H/t5-;/m0./s1. The van der Waals surface area contributed by atoms with E-state index in [0.29, 0.717) is 11.6 Å². The zero-order valence-electron chi connectivity index (χ0n) is 6.53. The van der Waals surface area contributed by atoms with Crippen LogP contribution >= 0.6 is 35.8 Å². The van der Waals surface area contributed by atoms with Gasteiger partial charge in [0.2, 0.25) is 0 Å². The molecule has 6 heteroatoms. The second kappa shape index (κ2) is 9.45. The molecule has 0 fully saturated rings. The minimum atomic E-state index is -0.941. The van der Waals surface area contributed by atoms with Crippen molar-refractivity contribution in [2.75, 3.05) is 17.4 Å². The molecule has 0 rings (SSSR count). The van der Waals surface area contributed by atoms with Crippen LogP contribution < -0.4 is 5.73 Å². The van der Waals surface area contributed by atoms with E-state index in [0.717, 1.165) is 12.2 Å². The van der Waals surface area contributed by atoms with Crippen molar-refractivity contribution in [1.82, 2.24) is 0 Å². The number of thioether (sulfide) groups is 1. The Morgan fingerprint density at radius 3 is 2.67 bits per heavy atom. The van der Waals surface area contributed by atoms with Gasteiger partial charge in [-0.1, -0.05) is 0 Å². The first-order chi connectivity index (χ1) is 5.18. The molecule has 0 aromatic rings. The molecule has 1 atom stereocenters. The number of carboxylic acids is 1. The molecular formula is C6H13Cl2NO2S. The molecular weight excluding hydrogens is 221 g/mol. The molecule has 0 amide bonds. The lowest BCUT2D eigenvalue weighted by molar-refractivity contribution is -0.137.